The molecule has 6 nitrogen and oxygen atoms in total. The summed E-state index contributed by atoms with van der Waals surface area (Å²) in [5.74, 6) is 0.395. The molecule has 3 fully saturated rings. The average Bonchev–Trinajstić information content (AvgIpc) is 3.19. The molecule has 0 aromatic carbocycles. The number of methoxy groups -OCH3 is 1. The highest BCUT2D eigenvalue weighted by Gasteiger charge is 2.54. The van der Waals surface area contributed by atoms with Gasteiger partial charge < -0.3 is 14.5 Å². The third-order valence-corrected chi connectivity index (χ3v) is 6.27. The Balaban J connectivity index is 1.81. The van der Waals surface area contributed by atoms with E-state index in [-0.39, 0.29) is 24.0 Å². The minimum atomic E-state index is -0.289. The Morgan fingerprint density at radius 1 is 1.04 bits per heavy atom. The van der Waals surface area contributed by atoms with Crippen molar-refractivity contribution in [1.82, 2.24) is 14.7 Å². The van der Waals surface area contributed by atoms with Crippen LogP contribution in [0, 0.1) is 5.41 Å². The maximum Gasteiger partial charge on any atom is 0.248 e. The first-order chi connectivity index (χ1) is 11.6. The van der Waals surface area contributed by atoms with E-state index in [2.05, 4.69) is 16.7 Å². The summed E-state index contributed by atoms with van der Waals surface area (Å²) < 4.78 is 5.01. The number of carbonyl (C=O) groups excluding carboxylic acids is 2. The van der Waals surface area contributed by atoms with E-state index in [9.17, 15) is 9.59 Å². The van der Waals surface area contributed by atoms with Crippen LogP contribution in [0.2, 0.25) is 0 Å². The number of carbonyl (C=O) groups is 2. The minimum Gasteiger partial charge on any atom is -0.375 e. The van der Waals surface area contributed by atoms with Gasteiger partial charge in [0.25, 0.3) is 0 Å². The smallest absolute Gasteiger partial charge is 0.248 e. The molecule has 3 aliphatic heterocycles. The van der Waals surface area contributed by atoms with Crippen molar-refractivity contribution in [1.29, 1.82) is 0 Å². The van der Waals surface area contributed by atoms with Crippen LogP contribution < -0.4 is 0 Å². The van der Waals surface area contributed by atoms with Gasteiger partial charge in [0.1, 0.15) is 6.61 Å². The number of rotatable bonds is 4. The van der Waals surface area contributed by atoms with Gasteiger partial charge in [-0.15, -0.1) is 0 Å². The van der Waals surface area contributed by atoms with Gasteiger partial charge >= 0.3 is 0 Å². The van der Waals surface area contributed by atoms with Gasteiger partial charge in [-0.2, -0.15) is 0 Å². The molecule has 6 heteroatoms. The second kappa shape index (κ2) is 7.40. The van der Waals surface area contributed by atoms with Crippen molar-refractivity contribution in [2.45, 2.75) is 45.1 Å². The third-order valence-electron chi connectivity index (χ3n) is 6.27. The minimum absolute atomic E-state index is 0.0456. The normalized spacial score (nSPS) is 31.2. The van der Waals surface area contributed by atoms with Crippen molar-refractivity contribution >= 4 is 11.8 Å². The number of hydrogen-bond donors (Lipinski definition) is 0. The van der Waals surface area contributed by atoms with E-state index in [4.69, 9.17) is 4.74 Å². The fourth-order valence-corrected chi connectivity index (χ4v) is 4.92. The molecule has 2 atom stereocenters. The molecule has 0 bridgehead atoms. The summed E-state index contributed by atoms with van der Waals surface area (Å²) in [5, 5.41) is 0. The van der Waals surface area contributed by atoms with E-state index >= 15 is 0 Å². The van der Waals surface area contributed by atoms with Gasteiger partial charge in [0.05, 0.1) is 5.41 Å². The summed E-state index contributed by atoms with van der Waals surface area (Å²) in [7, 11) is 1.56. The van der Waals surface area contributed by atoms with Crippen molar-refractivity contribution in [3.63, 3.8) is 0 Å². The molecule has 0 aromatic heterocycles. The van der Waals surface area contributed by atoms with Crippen LogP contribution in [-0.2, 0) is 14.3 Å². The summed E-state index contributed by atoms with van der Waals surface area (Å²) in [4.78, 5) is 32.1. The lowest BCUT2D eigenvalue weighted by Crippen LogP contribution is -2.50. The zero-order valence-electron chi connectivity index (χ0n) is 15.1. The molecule has 0 N–H and O–H groups in total. The van der Waals surface area contributed by atoms with Crippen LogP contribution in [0.15, 0.2) is 0 Å². The van der Waals surface area contributed by atoms with Gasteiger partial charge in [-0.25, -0.2) is 0 Å². The summed E-state index contributed by atoms with van der Waals surface area (Å²) in [6, 6.07) is 0.274. The molecule has 3 rings (SSSR count). The Hall–Kier alpha value is -1.14. The quantitative estimate of drug-likeness (QED) is 0.767. The third kappa shape index (κ3) is 3.06. The van der Waals surface area contributed by atoms with E-state index < -0.39 is 0 Å². The van der Waals surface area contributed by atoms with Crippen molar-refractivity contribution in [2.24, 2.45) is 5.41 Å². The molecule has 2 amide bonds. The summed E-state index contributed by atoms with van der Waals surface area (Å²) in [6.07, 6.45) is 4.87. The summed E-state index contributed by atoms with van der Waals surface area (Å²) >= 11 is 0. The SMILES string of the molecule is CCN1CC[C@]2(C(=O)N3CCCC3)CCN(C(=O)COC)CC[C@H]12. The van der Waals surface area contributed by atoms with Crippen LogP contribution in [0.5, 0.6) is 0 Å². The molecule has 3 heterocycles. The summed E-state index contributed by atoms with van der Waals surface area (Å²) in [5.41, 5.74) is -0.289. The molecule has 0 aliphatic carbocycles. The molecule has 3 aliphatic rings. The molecule has 0 aromatic rings. The Morgan fingerprint density at radius 2 is 1.75 bits per heavy atom. The number of fused-ring (bicyclic) bond motifs is 1. The van der Waals surface area contributed by atoms with Crippen molar-refractivity contribution < 1.29 is 14.3 Å². The van der Waals surface area contributed by atoms with Crippen LogP contribution in [0.1, 0.15) is 39.0 Å². The van der Waals surface area contributed by atoms with E-state index in [1.165, 1.54) is 0 Å². The Kier molecular flexibility index (Phi) is 5.45. The fourth-order valence-electron chi connectivity index (χ4n) is 4.92. The monoisotopic (exact) mass is 337 g/mol. The highest BCUT2D eigenvalue weighted by molar-refractivity contribution is 5.85. The maximum atomic E-state index is 13.4. The van der Waals surface area contributed by atoms with Crippen LogP contribution >= 0.6 is 0 Å². The first-order valence-corrected chi connectivity index (χ1v) is 9.42. The second-order valence-electron chi connectivity index (χ2n) is 7.40. The average molecular weight is 337 g/mol. The predicted molar refractivity (Wildman–Crippen MR) is 91.6 cm³/mol. The molecule has 0 spiro atoms. The predicted octanol–water partition coefficient (Wildman–Crippen LogP) is 0.958. The van der Waals surface area contributed by atoms with E-state index in [0.717, 1.165) is 64.8 Å². The van der Waals surface area contributed by atoms with E-state index in [1.807, 2.05) is 4.90 Å². The lowest BCUT2D eigenvalue weighted by atomic mass is 9.75. The van der Waals surface area contributed by atoms with Gasteiger partial charge in [0, 0.05) is 39.3 Å². The van der Waals surface area contributed by atoms with Crippen LogP contribution in [-0.4, -0.2) is 85.5 Å². The van der Waals surface area contributed by atoms with Crippen molar-refractivity contribution in [2.75, 3.05) is 53.0 Å². The van der Waals surface area contributed by atoms with Crippen LogP contribution in [0.25, 0.3) is 0 Å². The Morgan fingerprint density at radius 3 is 2.42 bits per heavy atom. The Bertz CT molecular complexity index is 478. The largest absolute Gasteiger partial charge is 0.375 e. The van der Waals surface area contributed by atoms with Crippen LogP contribution in [0.3, 0.4) is 0 Å². The van der Waals surface area contributed by atoms with Gasteiger partial charge in [-0.05, 0) is 45.2 Å². The fraction of sp³-hybridized carbons (Fsp3) is 0.889. The first-order valence-electron chi connectivity index (χ1n) is 9.42. The molecule has 24 heavy (non-hydrogen) atoms. The Labute approximate surface area is 145 Å². The number of nitrogens with zero attached hydrogens (tertiary/aromatic N) is 3. The number of likely N-dealkylation sites (tertiary alicyclic amines) is 3. The molecule has 0 radical (unpaired) electrons. The topological polar surface area (TPSA) is 53.1 Å². The summed E-state index contributed by atoms with van der Waals surface area (Å²) in [6.45, 7) is 7.52. The molecule has 136 valence electrons. The molecule has 0 saturated carbocycles. The van der Waals surface area contributed by atoms with Gasteiger partial charge in [-0.3, -0.25) is 14.5 Å². The molecule has 0 unspecified atom stereocenters. The zero-order chi connectivity index (χ0) is 17.2. The van der Waals surface area contributed by atoms with Gasteiger partial charge in [-0.1, -0.05) is 6.92 Å². The lowest BCUT2D eigenvalue weighted by Gasteiger charge is -2.38. The first kappa shape index (κ1) is 17.7. The van der Waals surface area contributed by atoms with Gasteiger partial charge in [0.15, 0.2) is 0 Å². The second-order valence-corrected chi connectivity index (χ2v) is 7.40. The van der Waals surface area contributed by atoms with Gasteiger partial charge in [0.2, 0.25) is 11.8 Å². The number of ether oxygens (including phenoxy) is 1. The van der Waals surface area contributed by atoms with Crippen molar-refractivity contribution in [3.05, 3.63) is 0 Å². The molecular formula is C18H31N3O3. The highest BCUT2D eigenvalue weighted by Crippen LogP contribution is 2.45. The number of hydrogen-bond acceptors (Lipinski definition) is 4. The van der Waals surface area contributed by atoms with E-state index in [0.29, 0.717) is 12.5 Å². The van der Waals surface area contributed by atoms with E-state index in [1.54, 1.807) is 7.11 Å². The van der Waals surface area contributed by atoms with Crippen molar-refractivity contribution in [3.8, 4) is 0 Å². The zero-order valence-corrected chi connectivity index (χ0v) is 15.1. The number of amides is 2. The molecular weight excluding hydrogens is 306 g/mol. The van der Waals surface area contributed by atoms with Crippen LogP contribution in [0.4, 0.5) is 0 Å². The maximum absolute atomic E-state index is 13.4. The molecule has 3 saturated heterocycles. The standard InChI is InChI=1S/C18H31N3O3/c1-3-19-12-7-18(17(23)21-9-4-5-10-21)8-13-20(11-6-15(18)19)16(22)14-24-2/h15H,3-14H2,1-2H3/t15-,18-/m0/s1. The lowest BCUT2D eigenvalue weighted by molar-refractivity contribution is -0.143. The highest BCUT2D eigenvalue weighted by atomic mass is 16.5.